The third-order valence-corrected chi connectivity index (χ3v) is 20.3. The third-order valence-electron chi connectivity index (χ3n) is 19.3. The fraction of sp³-hybridized carbons (Fsp3) is 0.932. The SMILES string of the molecule is CCCCCC/C=C\CCCCCCCCCC(=O)OCC1OC(OC2C(O)C(O)C(O)C(OC3OC(CO)C(O)C(O)C3O)C2OP(=O)(O)OCC(COC(=O)CCCCCCCCCCCCCC)OC(=O)CCCCCCCCCCCCCCCCCCC)C(O)C(O)C1O. The van der Waals surface area contributed by atoms with Crippen LogP contribution in [0.1, 0.15) is 310 Å². The van der Waals surface area contributed by atoms with Gasteiger partial charge in [0.15, 0.2) is 18.7 Å². The molecule has 18 unspecified atom stereocenters. The summed E-state index contributed by atoms with van der Waals surface area (Å²) in [7, 11) is -5.69. The van der Waals surface area contributed by atoms with Crippen LogP contribution in [0.5, 0.6) is 0 Å². The number of phosphoric acid groups is 1. The van der Waals surface area contributed by atoms with Crippen LogP contribution in [0.15, 0.2) is 12.2 Å². The molecule has 0 amide bonds. The first-order valence-corrected chi connectivity index (χ1v) is 40.5. The highest BCUT2D eigenvalue weighted by Gasteiger charge is 2.58. The Morgan fingerprint density at radius 2 is 0.707 bits per heavy atom. The summed E-state index contributed by atoms with van der Waals surface area (Å²) in [5, 5.41) is 110. The van der Waals surface area contributed by atoms with Crippen molar-refractivity contribution in [1.29, 1.82) is 0 Å². The molecule has 18 atom stereocenters. The molecule has 0 bridgehead atoms. The topological polar surface area (TPSA) is 374 Å². The van der Waals surface area contributed by atoms with Crippen LogP contribution in [-0.4, -0.2) is 204 Å². The molecule has 99 heavy (non-hydrogen) atoms. The number of phosphoric ester groups is 1. The molecule has 0 aromatic heterocycles. The lowest BCUT2D eigenvalue weighted by Gasteiger charge is -2.49. The fourth-order valence-corrected chi connectivity index (χ4v) is 13.9. The molecule has 0 aromatic rings. The van der Waals surface area contributed by atoms with Gasteiger partial charge in [0.2, 0.25) is 0 Å². The number of carbonyl (C=O) groups is 3. The molecule has 582 valence electrons. The Morgan fingerprint density at radius 3 is 1.10 bits per heavy atom. The van der Waals surface area contributed by atoms with Crippen molar-refractivity contribution in [2.45, 2.75) is 414 Å². The molecule has 3 fully saturated rings. The Bertz CT molecular complexity index is 2090. The summed E-state index contributed by atoms with van der Waals surface area (Å²) in [6, 6.07) is 0. The van der Waals surface area contributed by atoms with E-state index in [-0.39, 0.29) is 19.3 Å². The average Bonchev–Trinajstić information content (AvgIpc) is 0.763. The van der Waals surface area contributed by atoms with Crippen LogP contribution < -0.4 is 0 Å². The minimum Gasteiger partial charge on any atom is -0.463 e. The first-order valence-electron chi connectivity index (χ1n) is 39.0. The van der Waals surface area contributed by atoms with E-state index in [1.807, 2.05) is 0 Å². The highest BCUT2D eigenvalue weighted by molar-refractivity contribution is 7.47. The van der Waals surface area contributed by atoms with Crippen molar-refractivity contribution in [3.8, 4) is 0 Å². The maximum absolute atomic E-state index is 14.3. The van der Waals surface area contributed by atoms with Gasteiger partial charge in [-0.2, -0.15) is 0 Å². The molecule has 2 heterocycles. The van der Waals surface area contributed by atoms with E-state index < -0.39 is 156 Å². The van der Waals surface area contributed by atoms with Crippen LogP contribution in [0.2, 0.25) is 0 Å². The fourth-order valence-electron chi connectivity index (χ4n) is 12.9. The van der Waals surface area contributed by atoms with E-state index in [2.05, 4.69) is 32.9 Å². The first-order chi connectivity index (χ1) is 47.8. The van der Waals surface area contributed by atoms with Crippen molar-refractivity contribution in [1.82, 2.24) is 0 Å². The molecule has 0 aromatic carbocycles. The number of rotatable bonds is 61. The summed E-state index contributed by atoms with van der Waals surface area (Å²) in [5.41, 5.74) is 0. The summed E-state index contributed by atoms with van der Waals surface area (Å²) < 4.78 is 65.1. The van der Waals surface area contributed by atoms with E-state index in [1.165, 1.54) is 135 Å². The average molecular weight is 1440 g/mol. The number of unbranched alkanes of at least 4 members (excludes halogenated alkanes) is 38. The highest BCUT2D eigenvalue weighted by atomic mass is 31.2. The number of esters is 3. The lowest BCUT2D eigenvalue weighted by Crippen LogP contribution is -2.69. The van der Waals surface area contributed by atoms with Crippen molar-refractivity contribution in [3.05, 3.63) is 12.2 Å². The van der Waals surface area contributed by atoms with Gasteiger partial charge >= 0.3 is 25.7 Å². The maximum Gasteiger partial charge on any atom is 0.472 e. The van der Waals surface area contributed by atoms with E-state index in [1.54, 1.807) is 0 Å². The maximum atomic E-state index is 14.3. The van der Waals surface area contributed by atoms with E-state index in [0.29, 0.717) is 19.3 Å². The lowest BCUT2D eigenvalue weighted by molar-refractivity contribution is -0.360. The van der Waals surface area contributed by atoms with Gasteiger partial charge in [-0.1, -0.05) is 258 Å². The molecule has 3 rings (SSSR count). The molecular formula is C74H137O24P. The summed E-state index contributed by atoms with van der Waals surface area (Å²) >= 11 is 0. The second-order valence-electron chi connectivity index (χ2n) is 28.1. The number of hydrogen-bond donors (Lipinski definition) is 11. The third kappa shape index (κ3) is 39.0. The predicted molar refractivity (Wildman–Crippen MR) is 375 cm³/mol. The van der Waals surface area contributed by atoms with E-state index >= 15 is 0 Å². The van der Waals surface area contributed by atoms with Crippen LogP contribution >= 0.6 is 7.82 Å². The van der Waals surface area contributed by atoms with Crippen LogP contribution in [0.25, 0.3) is 0 Å². The zero-order valence-electron chi connectivity index (χ0n) is 60.8. The number of allylic oxidation sites excluding steroid dienone is 2. The molecule has 25 heteroatoms. The Kier molecular flexibility index (Phi) is 51.5. The van der Waals surface area contributed by atoms with Crippen molar-refractivity contribution in [2.75, 3.05) is 26.4 Å². The van der Waals surface area contributed by atoms with Gasteiger partial charge in [0, 0.05) is 19.3 Å². The number of hydrogen-bond acceptors (Lipinski definition) is 23. The Balaban J connectivity index is 1.71. The number of aliphatic hydroxyl groups excluding tert-OH is 10. The summed E-state index contributed by atoms with van der Waals surface area (Å²) in [6.07, 6.45) is 15.5. The molecule has 11 N–H and O–H groups in total. The van der Waals surface area contributed by atoms with Gasteiger partial charge in [-0.25, -0.2) is 4.57 Å². The molecular weight excluding hydrogens is 1300 g/mol. The molecule has 1 saturated carbocycles. The van der Waals surface area contributed by atoms with Gasteiger partial charge in [-0.3, -0.25) is 23.4 Å². The molecule has 0 radical (unpaired) electrons. The van der Waals surface area contributed by atoms with Gasteiger partial charge in [0.25, 0.3) is 0 Å². The monoisotopic (exact) mass is 1440 g/mol. The summed E-state index contributed by atoms with van der Waals surface area (Å²) in [4.78, 5) is 51.0. The van der Waals surface area contributed by atoms with E-state index in [0.717, 1.165) is 116 Å². The quantitative estimate of drug-likeness (QED) is 0.00886. The molecule has 2 aliphatic heterocycles. The van der Waals surface area contributed by atoms with Crippen molar-refractivity contribution in [2.24, 2.45) is 0 Å². The largest absolute Gasteiger partial charge is 0.472 e. The highest BCUT2D eigenvalue weighted by Crippen LogP contribution is 2.49. The second kappa shape index (κ2) is 56.1. The van der Waals surface area contributed by atoms with Crippen LogP contribution in [0.4, 0.5) is 0 Å². The summed E-state index contributed by atoms with van der Waals surface area (Å²) in [6.45, 7) is 3.46. The standard InChI is InChI=1S/C74H137O24P/c1-4-7-10-13-16-19-22-25-27-28-30-32-35-38-41-44-47-50-60(78)93-55(52-90-58(76)48-45-42-39-36-33-24-21-18-15-12-9-6-3)53-92-99(88,89)98-72-70(96-73-68(86)63(81)61(79)56(51-75)94-73)66(84)65(83)67(85)71(72)97-74-69(87)64(82)62(80)57(95-74)54-91-59(77)49-46-43-40-37-34-31-29-26-23-20-17-14-11-8-5-2/h20,23,55-57,61-75,79-87H,4-19,21-22,24-54H2,1-3H3,(H,88,89)/b23-20-. The molecule has 0 spiro atoms. The number of aliphatic hydroxyl groups is 10. The zero-order chi connectivity index (χ0) is 72.5. The first kappa shape index (κ1) is 90.9. The van der Waals surface area contributed by atoms with Gasteiger partial charge in [-0.05, 0) is 44.9 Å². The zero-order valence-corrected chi connectivity index (χ0v) is 61.7. The minimum atomic E-state index is -5.69. The Labute approximate surface area is 592 Å². The lowest BCUT2D eigenvalue weighted by atomic mass is 9.84. The van der Waals surface area contributed by atoms with Crippen molar-refractivity contribution in [3.63, 3.8) is 0 Å². The minimum absolute atomic E-state index is 0.0248. The Hall–Kier alpha value is -2.30. The van der Waals surface area contributed by atoms with Crippen LogP contribution in [0.3, 0.4) is 0 Å². The number of ether oxygens (including phenoxy) is 7. The predicted octanol–water partition coefficient (Wildman–Crippen LogP) is 11.1. The molecule has 24 nitrogen and oxygen atoms in total. The molecule has 2 saturated heterocycles. The van der Waals surface area contributed by atoms with E-state index in [4.69, 9.17) is 42.2 Å². The number of carbonyl (C=O) groups excluding carboxylic acids is 3. The van der Waals surface area contributed by atoms with Gasteiger partial charge in [0.1, 0.15) is 98.7 Å². The second-order valence-corrected chi connectivity index (χ2v) is 29.5. The molecule has 3 aliphatic rings. The van der Waals surface area contributed by atoms with Crippen LogP contribution in [0, 0.1) is 0 Å². The summed E-state index contributed by atoms with van der Waals surface area (Å²) in [5.74, 6) is -1.98. The van der Waals surface area contributed by atoms with Crippen molar-refractivity contribution < 1.29 is 117 Å². The Morgan fingerprint density at radius 1 is 0.384 bits per heavy atom. The van der Waals surface area contributed by atoms with Crippen LogP contribution in [-0.2, 0) is 61.2 Å². The van der Waals surface area contributed by atoms with Gasteiger partial charge in [-0.15, -0.1) is 0 Å². The van der Waals surface area contributed by atoms with Gasteiger partial charge in [0.05, 0.1) is 13.2 Å². The van der Waals surface area contributed by atoms with Gasteiger partial charge < -0.3 is 89.1 Å². The smallest absolute Gasteiger partial charge is 0.463 e. The van der Waals surface area contributed by atoms with E-state index in [9.17, 15) is 74.9 Å². The molecule has 1 aliphatic carbocycles. The normalized spacial score (nSPS) is 27.5. The van der Waals surface area contributed by atoms with Crippen molar-refractivity contribution >= 4 is 25.7 Å².